The van der Waals surface area contributed by atoms with Gasteiger partial charge in [-0.1, -0.05) is 68.7 Å². The van der Waals surface area contributed by atoms with Crippen molar-refractivity contribution in [1.82, 2.24) is 0 Å². The van der Waals surface area contributed by atoms with Crippen LogP contribution in [0.1, 0.15) is 49.4 Å². The van der Waals surface area contributed by atoms with Gasteiger partial charge in [0.05, 0.1) is 5.69 Å². The SMILES string of the molecule is CC1(C(=O)Nc2ccccc2SC(=O)c2ccccc2)CCCCC1. The van der Waals surface area contributed by atoms with E-state index in [0.717, 1.165) is 42.3 Å². The van der Waals surface area contributed by atoms with Crippen LogP contribution in [0.2, 0.25) is 0 Å². The van der Waals surface area contributed by atoms with Gasteiger partial charge in [0.1, 0.15) is 0 Å². The molecule has 0 bridgehead atoms. The summed E-state index contributed by atoms with van der Waals surface area (Å²) in [7, 11) is 0. The number of nitrogens with one attached hydrogen (secondary N) is 1. The van der Waals surface area contributed by atoms with Crippen LogP contribution in [0, 0.1) is 5.41 Å². The van der Waals surface area contributed by atoms with E-state index in [1.807, 2.05) is 49.4 Å². The molecule has 1 N–H and O–H groups in total. The Labute approximate surface area is 153 Å². The number of hydrogen-bond donors (Lipinski definition) is 1. The summed E-state index contributed by atoms with van der Waals surface area (Å²) in [5, 5.41) is 3.04. The monoisotopic (exact) mass is 353 g/mol. The maximum absolute atomic E-state index is 12.8. The average Bonchev–Trinajstić information content (AvgIpc) is 2.64. The molecule has 1 fully saturated rings. The number of thioether (sulfide) groups is 1. The minimum atomic E-state index is -0.306. The molecule has 0 aliphatic heterocycles. The summed E-state index contributed by atoms with van der Waals surface area (Å²) in [6, 6.07) is 16.7. The number of rotatable bonds is 4. The van der Waals surface area contributed by atoms with Crippen molar-refractivity contribution in [2.75, 3.05) is 5.32 Å². The van der Waals surface area contributed by atoms with Crippen LogP contribution in [0.25, 0.3) is 0 Å². The topological polar surface area (TPSA) is 46.2 Å². The first-order valence-corrected chi connectivity index (χ1v) is 9.58. The Morgan fingerprint density at radius 2 is 1.56 bits per heavy atom. The van der Waals surface area contributed by atoms with E-state index in [1.165, 1.54) is 6.42 Å². The van der Waals surface area contributed by atoms with E-state index < -0.39 is 0 Å². The zero-order valence-corrected chi connectivity index (χ0v) is 15.3. The lowest BCUT2D eigenvalue weighted by atomic mass is 9.75. The van der Waals surface area contributed by atoms with Crippen molar-refractivity contribution in [2.24, 2.45) is 5.41 Å². The van der Waals surface area contributed by atoms with Crippen LogP contribution in [0.4, 0.5) is 5.69 Å². The Hall–Kier alpha value is -2.07. The van der Waals surface area contributed by atoms with Crippen LogP contribution in [0.5, 0.6) is 0 Å². The predicted octanol–water partition coefficient (Wildman–Crippen LogP) is 5.53. The maximum Gasteiger partial charge on any atom is 0.230 e. The fourth-order valence-electron chi connectivity index (χ4n) is 3.22. The molecule has 25 heavy (non-hydrogen) atoms. The van der Waals surface area contributed by atoms with Gasteiger partial charge < -0.3 is 5.32 Å². The third kappa shape index (κ3) is 4.31. The van der Waals surface area contributed by atoms with Crippen LogP contribution >= 0.6 is 11.8 Å². The molecule has 0 saturated heterocycles. The van der Waals surface area contributed by atoms with Crippen molar-refractivity contribution in [3.8, 4) is 0 Å². The minimum absolute atomic E-state index is 0.0221. The van der Waals surface area contributed by atoms with Crippen LogP contribution in [0.3, 0.4) is 0 Å². The van der Waals surface area contributed by atoms with E-state index in [0.29, 0.717) is 11.3 Å². The zero-order chi connectivity index (χ0) is 17.7. The Bertz CT molecular complexity index is 752. The predicted molar refractivity (Wildman–Crippen MR) is 103 cm³/mol. The van der Waals surface area contributed by atoms with Gasteiger partial charge in [0, 0.05) is 15.9 Å². The fraction of sp³-hybridized carbons (Fsp3) is 0.333. The van der Waals surface area contributed by atoms with Crippen LogP contribution < -0.4 is 5.32 Å². The molecule has 4 heteroatoms. The number of carbonyl (C=O) groups is 2. The van der Waals surface area contributed by atoms with Crippen molar-refractivity contribution in [3.05, 3.63) is 60.2 Å². The molecule has 0 radical (unpaired) electrons. The van der Waals surface area contributed by atoms with Gasteiger partial charge in [-0.25, -0.2) is 0 Å². The third-order valence-electron chi connectivity index (χ3n) is 4.85. The summed E-state index contributed by atoms with van der Waals surface area (Å²) in [6.45, 7) is 2.05. The van der Waals surface area contributed by atoms with Crippen LogP contribution in [0.15, 0.2) is 59.5 Å². The van der Waals surface area contributed by atoms with Gasteiger partial charge in [-0.3, -0.25) is 9.59 Å². The Morgan fingerprint density at radius 1 is 0.920 bits per heavy atom. The second kappa shape index (κ2) is 7.87. The number of amides is 1. The standard InChI is InChI=1S/C21H23NO2S/c1-21(14-8-3-9-15-21)20(24)22-17-12-6-7-13-18(17)25-19(23)16-10-4-2-5-11-16/h2,4-7,10-13H,3,8-9,14-15H2,1H3,(H,22,24). The summed E-state index contributed by atoms with van der Waals surface area (Å²) >= 11 is 1.16. The lowest BCUT2D eigenvalue weighted by Gasteiger charge is -2.32. The van der Waals surface area contributed by atoms with Crippen molar-refractivity contribution in [1.29, 1.82) is 0 Å². The Kier molecular flexibility index (Phi) is 5.59. The molecule has 1 aliphatic carbocycles. The smallest absolute Gasteiger partial charge is 0.230 e. The maximum atomic E-state index is 12.8. The second-order valence-corrected chi connectivity index (χ2v) is 7.84. The molecule has 0 atom stereocenters. The number of anilines is 1. The first kappa shape index (κ1) is 17.7. The first-order chi connectivity index (χ1) is 12.1. The molecule has 0 spiro atoms. The van der Waals surface area contributed by atoms with Crippen LogP contribution in [-0.4, -0.2) is 11.0 Å². The lowest BCUT2D eigenvalue weighted by Crippen LogP contribution is -2.35. The molecule has 2 aromatic carbocycles. The van der Waals surface area contributed by atoms with Gasteiger partial charge in [-0.05, 0) is 36.7 Å². The highest BCUT2D eigenvalue weighted by Crippen LogP contribution is 2.38. The van der Waals surface area contributed by atoms with Gasteiger partial charge in [-0.2, -0.15) is 0 Å². The molecule has 0 heterocycles. The zero-order valence-electron chi connectivity index (χ0n) is 14.5. The number of carbonyl (C=O) groups excluding carboxylic acids is 2. The van der Waals surface area contributed by atoms with Gasteiger partial charge in [0.15, 0.2) is 0 Å². The third-order valence-corrected chi connectivity index (χ3v) is 5.85. The summed E-state index contributed by atoms with van der Waals surface area (Å²) in [4.78, 5) is 26.0. The van der Waals surface area contributed by atoms with Gasteiger partial charge in [0.25, 0.3) is 0 Å². The molecule has 2 aromatic rings. The van der Waals surface area contributed by atoms with Gasteiger partial charge >= 0.3 is 0 Å². The summed E-state index contributed by atoms with van der Waals surface area (Å²) in [5.74, 6) is 0.0624. The van der Waals surface area contributed by atoms with Gasteiger partial charge in [0.2, 0.25) is 11.0 Å². The quantitative estimate of drug-likeness (QED) is 0.735. The average molecular weight is 353 g/mol. The lowest BCUT2D eigenvalue weighted by molar-refractivity contribution is -0.126. The molecule has 1 saturated carbocycles. The largest absolute Gasteiger partial charge is 0.325 e. The molecule has 0 unspecified atom stereocenters. The summed E-state index contributed by atoms with van der Waals surface area (Å²) < 4.78 is 0. The number of hydrogen-bond acceptors (Lipinski definition) is 3. The summed E-state index contributed by atoms with van der Waals surface area (Å²) in [6.07, 6.45) is 5.27. The molecule has 130 valence electrons. The van der Waals surface area contributed by atoms with E-state index in [1.54, 1.807) is 12.1 Å². The van der Waals surface area contributed by atoms with E-state index >= 15 is 0 Å². The number of para-hydroxylation sites is 1. The number of benzene rings is 2. The molecular formula is C21H23NO2S. The highest BCUT2D eigenvalue weighted by molar-refractivity contribution is 8.14. The highest BCUT2D eigenvalue weighted by Gasteiger charge is 2.34. The normalized spacial score (nSPS) is 16.2. The molecule has 3 rings (SSSR count). The summed E-state index contributed by atoms with van der Waals surface area (Å²) in [5.41, 5.74) is 1.07. The Morgan fingerprint density at radius 3 is 2.28 bits per heavy atom. The van der Waals surface area contributed by atoms with Crippen molar-refractivity contribution >= 4 is 28.5 Å². The van der Waals surface area contributed by atoms with E-state index in [-0.39, 0.29) is 16.4 Å². The second-order valence-electron chi connectivity index (χ2n) is 6.83. The van der Waals surface area contributed by atoms with E-state index in [4.69, 9.17) is 0 Å². The van der Waals surface area contributed by atoms with E-state index in [2.05, 4.69) is 5.32 Å². The minimum Gasteiger partial charge on any atom is -0.325 e. The van der Waals surface area contributed by atoms with Gasteiger partial charge in [-0.15, -0.1) is 0 Å². The van der Waals surface area contributed by atoms with Crippen molar-refractivity contribution in [3.63, 3.8) is 0 Å². The van der Waals surface area contributed by atoms with Crippen LogP contribution in [-0.2, 0) is 4.79 Å². The van der Waals surface area contributed by atoms with Crippen molar-refractivity contribution in [2.45, 2.75) is 43.9 Å². The van der Waals surface area contributed by atoms with Crippen molar-refractivity contribution < 1.29 is 9.59 Å². The van der Waals surface area contributed by atoms with E-state index in [9.17, 15) is 9.59 Å². The molecule has 1 amide bonds. The fourth-order valence-corrected chi connectivity index (χ4v) is 4.05. The highest BCUT2D eigenvalue weighted by atomic mass is 32.2. The molecule has 3 nitrogen and oxygen atoms in total. The first-order valence-electron chi connectivity index (χ1n) is 8.76. The Balaban J connectivity index is 1.75. The molecule has 1 aliphatic rings. The molecule has 0 aromatic heterocycles. The molecular weight excluding hydrogens is 330 g/mol.